The van der Waals surface area contributed by atoms with E-state index in [9.17, 15) is 14.9 Å². The van der Waals surface area contributed by atoms with Gasteiger partial charge in [0, 0.05) is 28.9 Å². The molecule has 0 unspecified atom stereocenters. The number of fused-ring (bicyclic) bond motifs is 3. The fourth-order valence-corrected chi connectivity index (χ4v) is 3.95. The summed E-state index contributed by atoms with van der Waals surface area (Å²) in [6.07, 6.45) is 1.99. The topological polar surface area (TPSA) is 109 Å². The van der Waals surface area contributed by atoms with Crippen LogP contribution in [0.2, 0.25) is 0 Å². The van der Waals surface area contributed by atoms with Gasteiger partial charge in [0.05, 0.1) is 11.5 Å². The van der Waals surface area contributed by atoms with Crippen LogP contribution in [-0.2, 0) is 4.79 Å². The molecular formula is C20H21N5O4S. The summed E-state index contributed by atoms with van der Waals surface area (Å²) < 4.78 is 5.88. The zero-order valence-electron chi connectivity index (χ0n) is 16.5. The Bertz CT molecular complexity index is 1030. The Morgan fingerprint density at radius 3 is 2.80 bits per heavy atom. The zero-order chi connectivity index (χ0) is 21.3. The second kappa shape index (κ2) is 8.23. The Morgan fingerprint density at radius 2 is 2.07 bits per heavy atom. The van der Waals surface area contributed by atoms with E-state index < -0.39 is 17.1 Å². The second-order valence-electron chi connectivity index (χ2n) is 6.84. The molecule has 0 aliphatic carbocycles. The lowest BCUT2D eigenvalue weighted by Crippen LogP contribution is -2.50. The number of benzene rings is 2. The van der Waals surface area contributed by atoms with Crippen LogP contribution in [0.5, 0.6) is 5.75 Å². The fourth-order valence-electron chi connectivity index (χ4n) is 3.57. The largest absolute Gasteiger partial charge is 0.493 e. The number of hydrazone groups is 1. The predicted octanol–water partition coefficient (Wildman–Crippen LogP) is 3.61. The lowest BCUT2D eigenvalue weighted by atomic mass is 9.96. The summed E-state index contributed by atoms with van der Waals surface area (Å²) in [6.45, 7) is 2.46. The number of nitrogens with one attached hydrogen (secondary N) is 2. The Balaban J connectivity index is 1.88. The van der Waals surface area contributed by atoms with Crippen LogP contribution in [-0.4, -0.2) is 33.9 Å². The molecule has 2 heterocycles. The summed E-state index contributed by atoms with van der Waals surface area (Å²) in [6, 6.07) is 11.3. The molecule has 0 aromatic heterocycles. The Hall–Kier alpha value is -3.27. The van der Waals surface area contributed by atoms with Crippen molar-refractivity contribution in [3.05, 3.63) is 63.7 Å². The molecule has 9 nitrogen and oxygen atoms in total. The molecule has 0 radical (unpaired) electrons. The predicted molar refractivity (Wildman–Crippen MR) is 115 cm³/mol. The number of hydrogen-bond donors (Lipinski definition) is 2. The summed E-state index contributed by atoms with van der Waals surface area (Å²) in [4.78, 5) is 23.9. The number of nitro groups is 1. The van der Waals surface area contributed by atoms with E-state index in [4.69, 9.17) is 4.74 Å². The third-order valence-electron chi connectivity index (χ3n) is 4.92. The summed E-state index contributed by atoms with van der Waals surface area (Å²) in [5, 5.41) is 24.4. The van der Waals surface area contributed by atoms with Crippen LogP contribution >= 0.6 is 11.8 Å². The summed E-state index contributed by atoms with van der Waals surface area (Å²) in [5.41, 5.74) is 2.06. The van der Waals surface area contributed by atoms with Gasteiger partial charge < -0.3 is 15.4 Å². The van der Waals surface area contributed by atoms with Crippen molar-refractivity contribution in [2.75, 3.05) is 18.2 Å². The molecule has 2 aliphatic heterocycles. The van der Waals surface area contributed by atoms with Crippen LogP contribution in [0.4, 0.5) is 11.4 Å². The molecule has 0 saturated heterocycles. The average molecular weight is 427 g/mol. The maximum absolute atomic E-state index is 13.0. The molecule has 4 rings (SSSR count). The van der Waals surface area contributed by atoms with Gasteiger partial charge in [-0.3, -0.25) is 19.9 Å². The van der Waals surface area contributed by atoms with Crippen molar-refractivity contribution in [2.45, 2.75) is 25.6 Å². The maximum Gasteiger partial charge on any atom is 0.270 e. The first-order valence-electron chi connectivity index (χ1n) is 9.52. The lowest BCUT2D eigenvalue weighted by Gasteiger charge is -2.43. The smallest absolute Gasteiger partial charge is 0.270 e. The molecule has 2 aromatic rings. The molecule has 2 aliphatic rings. The van der Waals surface area contributed by atoms with Gasteiger partial charge in [-0.15, -0.1) is 5.10 Å². The first-order valence-corrected chi connectivity index (χ1v) is 10.7. The van der Waals surface area contributed by atoms with Gasteiger partial charge in [0.25, 0.3) is 11.6 Å². The number of amides is 1. The number of carbonyl (C=O) groups is 1. The summed E-state index contributed by atoms with van der Waals surface area (Å²) in [5.74, 6) is 0.319. The second-order valence-corrected chi connectivity index (χ2v) is 7.64. The Morgan fingerprint density at radius 1 is 1.27 bits per heavy atom. The summed E-state index contributed by atoms with van der Waals surface area (Å²) >= 11 is 1.32. The minimum Gasteiger partial charge on any atom is -0.493 e. The molecule has 0 fully saturated rings. The van der Waals surface area contributed by atoms with E-state index in [1.807, 2.05) is 37.4 Å². The highest BCUT2D eigenvalue weighted by Gasteiger charge is 2.43. The molecule has 156 valence electrons. The van der Waals surface area contributed by atoms with Gasteiger partial charge in [-0.25, -0.2) is 0 Å². The van der Waals surface area contributed by atoms with Crippen molar-refractivity contribution in [2.24, 2.45) is 5.10 Å². The fraction of sp³-hybridized carbons (Fsp3) is 0.300. The van der Waals surface area contributed by atoms with E-state index in [0.717, 1.165) is 17.7 Å². The Kier molecular flexibility index (Phi) is 5.49. The number of ether oxygens (including phenoxy) is 1. The first kappa shape index (κ1) is 20.0. The number of thioether (sulfide) groups is 1. The van der Waals surface area contributed by atoms with Gasteiger partial charge in [0.15, 0.2) is 11.2 Å². The maximum atomic E-state index is 13.0. The van der Waals surface area contributed by atoms with Crippen LogP contribution in [0.15, 0.2) is 47.6 Å². The van der Waals surface area contributed by atoms with E-state index >= 15 is 0 Å². The van der Waals surface area contributed by atoms with Crippen LogP contribution in [0.1, 0.15) is 36.7 Å². The van der Waals surface area contributed by atoms with Crippen molar-refractivity contribution < 1.29 is 14.5 Å². The third-order valence-corrected chi connectivity index (χ3v) is 5.49. The molecule has 10 heteroatoms. The number of carbonyl (C=O) groups excluding carboxylic acids is 1. The van der Waals surface area contributed by atoms with Crippen LogP contribution < -0.4 is 15.4 Å². The van der Waals surface area contributed by atoms with Crippen molar-refractivity contribution in [1.29, 1.82) is 0 Å². The van der Waals surface area contributed by atoms with E-state index in [1.54, 1.807) is 11.1 Å². The van der Waals surface area contributed by atoms with Crippen molar-refractivity contribution in [1.82, 2.24) is 10.3 Å². The number of nitro benzene ring substituents is 1. The number of anilines is 1. The van der Waals surface area contributed by atoms with Crippen LogP contribution in [0, 0.1) is 10.1 Å². The van der Waals surface area contributed by atoms with E-state index in [0.29, 0.717) is 23.1 Å². The third kappa shape index (κ3) is 3.54. The van der Waals surface area contributed by atoms with Gasteiger partial charge >= 0.3 is 0 Å². The first-order chi connectivity index (χ1) is 14.5. The number of nitrogens with zero attached hydrogens (tertiary/aromatic N) is 3. The Labute approximate surface area is 177 Å². The molecule has 0 saturated carbocycles. The van der Waals surface area contributed by atoms with Gasteiger partial charge in [-0.2, -0.15) is 0 Å². The number of rotatable bonds is 5. The summed E-state index contributed by atoms with van der Waals surface area (Å²) in [7, 11) is 0. The van der Waals surface area contributed by atoms with Crippen molar-refractivity contribution in [3.63, 3.8) is 0 Å². The molecule has 30 heavy (non-hydrogen) atoms. The zero-order valence-corrected chi connectivity index (χ0v) is 17.3. The van der Waals surface area contributed by atoms with Crippen LogP contribution in [0.3, 0.4) is 0 Å². The highest BCUT2D eigenvalue weighted by Crippen LogP contribution is 2.45. The van der Waals surface area contributed by atoms with Crippen molar-refractivity contribution in [3.8, 4) is 5.75 Å². The van der Waals surface area contributed by atoms with E-state index in [-0.39, 0.29) is 11.6 Å². The van der Waals surface area contributed by atoms with Gasteiger partial charge in [0.1, 0.15) is 11.9 Å². The van der Waals surface area contributed by atoms with E-state index in [1.165, 1.54) is 23.9 Å². The molecular weight excluding hydrogens is 406 g/mol. The molecule has 2 N–H and O–H groups in total. The quantitative estimate of drug-likeness (QED) is 0.554. The number of amidine groups is 1. The minimum atomic E-state index is -0.665. The van der Waals surface area contributed by atoms with Crippen molar-refractivity contribution >= 4 is 34.2 Å². The molecule has 2 atom stereocenters. The number of non-ortho nitro benzene ring substituents is 1. The standard InChI is InChI=1S/C20H21N5O4S/c1-3-10-29-16-9-8-12(25(27)28)11-14(16)18-21-15-7-5-4-6-13(15)17-19(26)22-20(30-2)23-24(17)18/h4-9,11,17-18,21H,3,10H2,1-2H3,(H,22,23,26)/t17-,18+/m0/s1. The van der Waals surface area contributed by atoms with Crippen LogP contribution in [0.25, 0.3) is 0 Å². The van der Waals surface area contributed by atoms with Gasteiger partial charge in [-0.05, 0) is 24.8 Å². The van der Waals surface area contributed by atoms with E-state index in [2.05, 4.69) is 15.7 Å². The molecule has 1 amide bonds. The van der Waals surface area contributed by atoms with Gasteiger partial charge in [0.2, 0.25) is 0 Å². The normalized spacial score (nSPS) is 19.7. The monoisotopic (exact) mass is 427 g/mol. The average Bonchev–Trinajstić information content (AvgIpc) is 2.76. The van der Waals surface area contributed by atoms with Gasteiger partial charge in [-0.1, -0.05) is 36.9 Å². The number of para-hydroxylation sites is 1. The molecule has 0 bridgehead atoms. The highest BCUT2D eigenvalue weighted by molar-refractivity contribution is 8.13. The molecule has 2 aromatic carbocycles. The highest BCUT2D eigenvalue weighted by atomic mass is 32.2. The lowest BCUT2D eigenvalue weighted by molar-refractivity contribution is -0.385. The number of hydrogen-bond acceptors (Lipinski definition) is 8. The minimum absolute atomic E-state index is 0.0541. The molecule has 0 spiro atoms. The SMILES string of the molecule is CCCOc1ccc([N+](=O)[O-])cc1[C@@H]1Nc2ccccc2[C@H]2C(=O)NC(SC)=NN21.